The van der Waals surface area contributed by atoms with Gasteiger partial charge >= 0.3 is 0 Å². The van der Waals surface area contributed by atoms with Gasteiger partial charge in [-0.1, -0.05) is 15.9 Å². The molecule has 0 bridgehead atoms. The summed E-state index contributed by atoms with van der Waals surface area (Å²) < 4.78 is 1.04. The van der Waals surface area contributed by atoms with Crippen molar-refractivity contribution in [1.29, 1.82) is 0 Å². The molecule has 2 aliphatic rings. The van der Waals surface area contributed by atoms with Gasteiger partial charge in [0.25, 0.3) is 0 Å². The van der Waals surface area contributed by atoms with E-state index in [1.54, 1.807) is 0 Å². The van der Waals surface area contributed by atoms with E-state index in [1.807, 2.05) is 23.1 Å². The van der Waals surface area contributed by atoms with E-state index < -0.39 is 0 Å². The van der Waals surface area contributed by atoms with Gasteiger partial charge in [0.2, 0.25) is 5.91 Å². The van der Waals surface area contributed by atoms with E-state index in [0.29, 0.717) is 5.91 Å². The molecule has 0 spiro atoms. The van der Waals surface area contributed by atoms with Crippen molar-refractivity contribution in [2.45, 2.75) is 25.8 Å². The topological polar surface area (TPSA) is 32.3 Å². The molecule has 1 amide bonds. The van der Waals surface area contributed by atoms with Crippen LogP contribution in [0.25, 0.3) is 0 Å². The lowest BCUT2D eigenvalue weighted by molar-refractivity contribution is -0.120. The molecular weight excluding hydrogens is 280 g/mol. The van der Waals surface area contributed by atoms with Crippen LogP contribution in [0.4, 0.5) is 11.4 Å². The molecule has 1 aliphatic heterocycles. The highest BCUT2D eigenvalue weighted by Crippen LogP contribution is 2.39. The molecule has 1 aliphatic carbocycles. The van der Waals surface area contributed by atoms with Crippen LogP contribution in [0.2, 0.25) is 0 Å². The van der Waals surface area contributed by atoms with Gasteiger partial charge in [0, 0.05) is 16.9 Å². The van der Waals surface area contributed by atoms with Gasteiger partial charge in [-0.25, -0.2) is 0 Å². The molecular formula is C13H15BrN2O. The second-order valence-electron chi connectivity index (χ2n) is 4.87. The van der Waals surface area contributed by atoms with Crippen LogP contribution in [0.1, 0.15) is 19.8 Å². The van der Waals surface area contributed by atoms with E-state index in [9.17, 15) is 4.79 Å². The average molecular weight is 295 g/mol. The lowest BCUT2D eigenvalue weighted by atomic mass is 10.1. The van der Waals surface area contributed by atoms with Crippen LogP contribution in [0.5, 0.6) is 0 Å². The Morgan fingerprint density at radius 1 is 1.47 bits per heavy atom. The number of hydrogen-bond donors (Lipinski definition) is 1. The Kier molecular flexibility index (Phi) is 2.62. The minimum Gasteiger partial charge on any atom is -0.381 e. The third kappa shape index (κ3) is 1.95. The zero-order chi connectivity index (χ0) is 12.0. The van der Waals surface area contributed by atoms with Crippen molar-refractivity contribution in [1.82, 2.24) is 0 Å². The molecule has 0 saturated heterocycles. The number of nitrogens with one attached hydrogen (secondary N) is 1. The largest absolute Gasteiger partial charge is 0.381 e. The van der Waals surface area contributed by atoms with Crippen molar-refractivity contribution in [3.8, 4) is 0 Å². The van der Waals surface area contributed by atoms with Crippen LogP contribution >= 0.6 is 15.9 Å². The van der Waals surface area contributed by atoms with Crippen LogP contribution in [0, 0.1) is 5.92 Å². The zero-order valence-electron chi connectivity index (χ0n) is 9.74. The van der Waals surface area contributed by atoms with Crippen LogP contribution in [-0.2, 0) is 4.79 Å². The lowest BCUT2D eigenvalue weighted by Gasteiger charge is -2.36. The van der Waals surface area contributed by atoms with Crippen molar-refractivity contribution in [2.75, 3.05) is 16.8 Å². The summed E-state index contributed by atoms with van der Waals surface area (Å²) in [6, 6.07) is 6.28. The van der Waals surface area contributed by atoms with E-state index in [4.69, 9.17) is 0 Å². The number of amides is 1. The smallest absolute Gasteiger partial charge is 0.230 e. The van der Waals surface area contributed by atoms with Gasteiger partial charge in [-0.2, -0.15) is 0 Å². The Hall–Kier alpha value is -1.03. The van der Waals surface area contributed by atoms with E-state index >= 15 is 0 Å². The lowest BCUT2D eigenvalue weighted by Crippen LogP contribution is -2.46. The maximum atomic E-state index is 12.3. The number of fused-ring (bicyclic) bond motifs is 1. The fourth-order valence-corrected chi connectivity index (χ4v) is 2.67. The second-order valence-corrected chi connectivity index (χ2v) is 5.79. The van der Waals surface area contributed by atoms with Crippen molar-refractivity contribution >= 4 is 33.2 Å². The predicted octanol–water partition coefficient (Wildman–Crippen LogP) is 3.01. The van der Waals surface area contributed by atoms with Gasteiger partial charge in [0.05, 0.1) is 17.4 Å². The fraction of sp³-hybridized carbons (Fsp3) is 0.462. The number of carbonyl (C=O) groups is 1. The summed E-state index contributed by atoms with van der Waals surface area (Å²) in [6.07, 6.45) is 2.11. The highest BCUT2D eigenvalue weighted by atomic mass is 79.9. The quantitative estimate of drug-likeness (QED) is 0.864. The van der Waals surface area contributed by atoms with Crippen LogP contribution in [0.15, 0.2) is 22.7 Å². The first kappa shape index (κ1) is 11.1. The van der Waals surface area contributed by atoms with Gasteiger partial charge < -0.3 is 10.2 Å². The van der Waals surface area contributed by atoms with E-state index in [-0.39, 0.29) is 12.0 Å². The molecule has 4 heteroatoms. The van der Waals surface area contributed by atoms with E-state index in [2.05, 4.69) is 28.2 Å². The van der Waals surface area contributed by atoms with Crippen molar-refractivity contribution in [3.05, 3.63) is 22.7 Å². The highest BCUT2D eigenvalue weighted by Gasteiger charge is 2.38. The third-order valence-corrected chi connectivity index (χ3v) is 3.90. The SMILES string of the molecule is CC1CNc2cc(Br)ccc2N1C(=O)C1CC1. The Balaban J connectivity index is 2.00. The number of rotatable bonds is 1. The Bertz CT molecular complexity index is 470. The fourth-order valence-electron chi connectivity index (χ4n) is 2.31. The van der Waals surface area contributed by atoms with Gasteiger partial charge in [-0.3, -0.25) is 4.79 Å². The second kappa shape index (κ2) is 4.02. The number of anilines is 2. The molecule has 1 fully saturated rings. The van der Waals surface area contributed by atoms with Crippen molar-refractivity contribution in [2.24, 2.45) is 5.92 Å². The molecule has 1 N–H and O–H groups in total. The minimum absolute atomic E-state index is 0.233. The molecule has 1 atom stereocenters. The molecule has 0 aromatic heterocycles. The van der Waals surface area contributed by atoms with Gasteiger partial charge in [0.15, 0.2) is 0 Å². The Morgan fingerprint density at radius 3 is 2.94 bits per heavy atom. The first-order valence-corrected chi connectivity index (χ1v) is 6.82. The molecule has 3 nitrogen and oxygen atoms in total. The Labute approximate surface area is 109 Å². The molecule has 17 heavy (non-hydrogen) atoms. The van der Waals surface area contributed by atoms with Crippen LogP contribution in [0.3, 0.4) is 0 Å². The first-order chi connectivity index (χ1) is 8.16. The summed E-state index contributed by atoms with van der Waals surface area (Å²) in [4.78, 5) is 14.3. The Morgan fingerprint density at radius 2 is 2.24 bits per heavy atom. The van der Waals surface area contributed by atoms with Gasteiger partial charge in [-0.05, 0) is 38.0 Å². The monoisotopic (exact) mass is 294 g/mol. The molecule has 1 unspecified atom stereocenters. The summed E-state index contributed by atoms with van der Waals surface area (Å²) in [6.45, 7) is 2.92. The molecule has 1 aromatic carbocycles. The third-order valence-electron chi connectivity index (χ3n) is 3.41. The number of hydrogen-bond acceptors (Lipinski definition) is 2. The molecule has 1 aromatic rings. The number of halogens is 1. The summed E-state index contributed by atoms with van der Waals surface area (Å²) >= 11 is 3.46. The van der Waals surface area contributed by atoms with Gasteiger partial charge in [0.1, 0.15) is 0 Å². The van der Waals surface area contributed by atoms with Crippen molar-refractivity contribution < 1.29 is 4.79 Å². The molecule has 1 heterocycles. The van der Waals surface area contributed by atoms with Crippen molar-refractivity contribution in [3.63, 3.8) is 0 Å². The summed E-state index contributed by atoms with van der Waals surface area (Å²) in [5.74, 6) is 0.564. The zero-order valence-corrected chi connectivity index (χ0v) is 11.3. The van der Waals surface area contributed by atoms with Gasteiger partial charge in [-0.15, -0.1) is 0 Å². The minimum atomic E-state index is 0.233. The summed E-state index contributed by atoms with van der Waals surface area (Å²) in [5, 5.41) is 3.37. The maximum absolute atomic E-state index is 12.3. The predicted molar refractivity (Wildman–Crippen MR) is 72.3 cm³/mol. The first-order valence-electron chi connectivity index (χ1n) is 6.03. The molecule has 3 rings (SSSR count). The summed E-state index contributed by atoms with van der Waals surface area (Å²) in [7, 11) is 0. The summed E-state index contributed by atoms with van der Waals surface area (Å²) in [5.41, 5.74) is 2.07. The number of carbonyl (C=O) groups excluding carboxylic acids is 1. The van der Waals surface area contributed by atoms with Crippen LogP contribution < -0.4 is 10.2 Å². The van der Waals surface area contributed by atoms with E-state index in [0.717, 1.165) is 35.2 Å². The number of nitrogens with zero attached hydrogens (tertiary/aromatic N) is 1. The molecule has 90 valence electrons. The van der Waals surface area contributed by atoms with E-state index in [1.165, 1.54) is 0 Å². The normalized spacial score (nSPS) is 22.9. The maximum Gasteiger partial charge on any atom is 0.230 e. The average Bonchev–Trinajstić information content (AvgIpc) is 3.12. The van der Waals surface area contributed by atoms with Crippen LogP contribution in [-0.4, -0.2) is 18.5 Å². The molecule has 0 radical (unpaired) electrons. The highest BCUT2D eigenvalue weighted by molar-refractivity contribution is 9.10. The molecule has 1 saturated carbocycles. The standard InChI is InChI=1S/C13H15BrN2O/c1-8-7-15-11-6-10(14)4-5-12(11)16(8)13(17)9-2-3-9/h4-6,8-9,15H,2-3,7H2,1H3. The number of benzene rings is 1.